The largest absolute Gasteiger partial charge is 0.472 e. The SMILES string of the molecule is CN(Cc1ccoc1)C(=O)c1ccc(Cl)c(Cl)c1. The molecule has 0 bridgehead atoms. The Morgan fingerprint density at radius 1 is 1.28 bits per heavy atom. The molecule has 0 N–H and O–H groups in total. The van der Waals surface area contributed by atoms with Crippen LogP contribution in [0, 0.1) is 0 Å². The Balaban J connectivity index is 2.12. The number of hydrogen-bond donors (Lipinski definition) is 0. The Labute approximate surface area is 115 Å². The maximum atomic E-state index is 12.1. The third kappa shape index (κ3) is 2.86. The monoisotopic (exact) mass is 283 g/mol. The molecular formula is C13H11Cl2NO2. The highest BCUT2D eigenvalue weighted by atomic mass is 35.5. The number of carbonyl (C=O) groups is 1. The van der Waals surface area contributed by atoms with Crippen molar-refractivity contribution in [2.75, 3.05) is 7.05 Å². The molecule has 0 saturated heterocycles. The van der Waals surface area contributed by atoms with E-state index >= 15 is 0 Å². The van der Waals surface area contributed by atoms with E-state index < -0.39 is 0 Å². The van der Waals surface area contributed by atoms with Gasteiger partial charge in [-0.2, -0.15) is 0 Å². The van der Waals surface area contributed by atoms with Gasteiger partial charge in [-0.15, -0.1) is 0 Å². The molecule has 0 radical (unpaired) electrons. The summed E-state index contributed by atoms with van der Waals surface area (Å²) in [5.41, 5.74) is 1.45. The molecule has 0 spiro atoms. The van der Waals surface area contributed by atoms with Crippen molar-refractivity contribution < 1.29 is 9.21 Å². The minimum atomic E-state index is -0.116. The van der Waals surface area contributed by atoms with Crippen molar-refractivity contribution >= 4 is 29.1 Å². The summed E-state index contributed by atoms with van der Waals surface area (Å²) in [5.74, 6) is -0.116. The van der Waals surface area contributed by atoms with Gasteiger partial charge in [0.2, 0.25) is 0 Å². The maximum absolute atomic E-state index is 12.1. The van der Waals surface area contributed by atoms with Crippen LogP contribution in [-0.2, 0) is 6.54 Å². The van der Waals surface area contributed by atoms with Crippen LogP contribution in [0.25, 0.3) is 0 Å². The van der Waals surface area contributed by atoms with E-state index in [0.29, 0.717) is 22.2 Å². The lowest BCUT2D eigenvalue weighted by atomic mass is 10.2. The summed E-state index contributed by atoms with van der Waals surface area (Å²) in [6, 6.07) is 6.65. The van der Waals surface area contributed by atoms with Crippen LogP contribution in [0.3, 0.4) is 0 Å². The lowest BCUT2D eigenvalue weighted by Gasteiger charge is -2.16. The Morgan fingerprint density at radius 2 is 2.06 bits per heavy atom. The van der Waals surface area contributed by atoms with Crippen LogP contribution in [0.4, 0.5) is 0 Å². The van der Waals surface area contributed by atoms with Crippen molar-refractivity contribution in [2.45, 2.75) is 6.54 Å². The number of halogens is 2. The number of benzene rings is 1. The second-order valence-electron chi connectivity index (χ2n) is 3.92. The predicted molar refractivity (Wildman–Crippen MR) is 71.0 cm³/mol. The second kappa shape index (κ2) is 5.46. The van der Waals surface area contributed by atoms with E-state index in [4.69, 9.17) is 27.6 Å². The van der Waals surface area contributed by atoms with Crippen molar-refractivity contribution in [2.24, 2.45) is 0 Å². The number of carbonyl (C=O) groups excluding carboxylic acids is 1. The lowest BCUT2D eigenvalue weighted by molar-refractivity contribution is 0.0785. The highest BCUT2D eigenvalue weighted by Gasteiger charge is 2.13. The quantitative estimate of drug-likeness (QED) is 0.857. The molecule has 1 amide bonds. The van der Waals surface area contributed by atoms with Gasteiger partial charge in [-0.1, -0.05) is 23.2 Å². The molecule has 0 aliphatic heterocycles. The summed E-state index contributed by atoms with van der Waals surface area (Å²) < 4.78 is 4.96. The zero-order valence-corrected chi connectivity index (χ0v) is 11.2. The Kier molecular flexibility index (Phi) is 3.94. The topological polar surface area (TPSA) is 33.5 Å². The van der Waals surface area contributed by atoms with Crippen LogP contribution in [0.1, 0.15) is 15.9 Å². The van der Waals surface area contributed by atoms with Crippen LogP contribution < -0.4 is 0 Å². The summed E-state index contributed by atoms with van der Waals surface area (Å²) in [6.45, 7) is 0.482. The second-order valence-corrected chi connectivity index (χ2v) is 4.74. The fourth-order valence-electron chi connectivity index (χ4n) is 1.58. The standard InChI is InChI=1S/C13H11Cl2NO2/c1-16(7-9-4-5-18-8-9)13(17)10-2-3-11(14)12(15)6-10/h2-6,8H,7H2,1H3. The molecule has 0 fully saturated rings. The summed E-state index contributed by atoms with van der Waals surface area (Å²) in [5, 5.41) is 0.810. The Bertz CT molecular complexity index is 552. The zero-order chi connectivity index (χ0) is 13.1. The van der Waals surface area contributed by atoms with Crippen LogP contribution in [0.5, 0.6) is 0 Å². The molecule has 1 aromatic carbocycles. The predicted octanol–water partition coefficient (Wildman–Crippen LogP) is 3.86. The third-order valence-electron chi connectivity index (χ3n) is 2.51. The van der Waals surface area contributed by atoms with Gasteiger partial charge in [-0.3, -0.25) is 4.79 Å². The lowest BCUT2D eigenvalue weighted by Crippen LogP contribution is -2.25. The van der Waals surface area contributed by atoms with Crippen molar-refractivity contribution in [1.82, 2.24) is 4.90 Å². The summed E-state index contributed by atoms with van der Waals surface area (Å²) >= 11 is 11.7. The molecule has 94 valence electrons. The third-order valence-corrected chi connectivity index (χ3v) is 3.25. The fraction of sp³-hybridized carbons (Fsp3) is 0.154. The van der Waals surface area contributed by atoms with Gasteiger partial charge in [0.05, 0.1) is 22.6 Å². The average Bonchev–Trinajstić information content (AvgIpc) is 2.84. The molecule has 0 aliphatic carbocycles. The average molecular weight is 284 g/mol. The van der Waals surface area contributed by atoms with Gasteiger partial charge < -0.3 is 9.32 Å². The number of amides is 1. The molecule has 0 aliphatic rings. The molecule has 3 nitrogen and oxygen atoms in total. The molecule has 0 unspecified atom stereocenters. The van der Waals surface area contributed by atoms with Crippen molar-refractivity contribution in [3.05, 3.63) is 58.0 Å². The van der Waals surface area contributed by atoms with Gasteiger partial charge in [0.25, 0.3) is 5.91 Å². The highest BCUT2D eigenvalue weighted by molar-refractivity contribution is 6.42. The number of furan rings is 1. The van der Waals surface area contributed by atoms with Crippen LogP contribution in [-0.4, -0.2) is 17.9 Å². The maximum Gasteiger partial charge on any atom is 0.253 e. The van der Waals surface area contributed by atoms with Crippen molar-refractivity contribution in [3.8, 4) is 0 Å². The van der Waals surface area contributed by atoms with Crippen LogP contribution >= 0.6 is 23.2 Å². The van der Waals surface area contributed by atoms with Crippen LogP contribution in [0.15, 0.2) is 41.2 Å². The summed E-state index contributed by atoms with van der Waals surface area (Å²) in [7, 11) is 1.72. The first-order valence-electron chi connectivity index (χ1n) is 5.29. The smallest absolute Gasteiger partial charge is 0.253 e. The number of hydrogen-bond acceptors (Lipinski definition) is 2. The molecule has 1 aromatic heterocycles. The molecule has 18 heavy (non-hydrogen) atoms. The van der Waals surface area contributed by atoms with Gasteiger partial charge in [0.1, 0.15) is 0 Å². The summed E-state index contributed by atoms with van der Waals surface area (Å²) in [4.78, 5) is 13.7. The van der Waals surface area contributed by atoms with Crippen molar-refractivity contribution in [3.63, 3.8) is 0 Å². The first kappa shape index (κ1) is 13.0. The Hall–Kier alpha value is -1.45. The van der Waals surface area contributed by atoms with Gasteiger partial charge >= 0.3 is 0 Å². The molecule has 1 heterocycles. The number of nitrogens with zero attached hydrogens (tertiary/aromatic N) is 1. The van der Waals surface area contributed by atoms with Gasteiger partial charge in [0, 0.05) is 24.7 Å². The van der Waals surface area contributed by atoms with E-state index in [1.54, 1.807) is 42.7 Å². The number of rotatable bonds is 3. The molecule has 2 rings (SSSR count). The minimum absolute atomic E-state index is 0.116. The first-order chi connectivity index (χ1) is 8.58. The van der Waals surface area contributed by atoms with E-state index in [9.17, 15) is 4.79 Å². The molecular weight excluding hydrogens is 273 g/mol. The highest BCUT2D eigenvalue weighted by Crippen LogP contribution is 2.23. The molecule has 5 heteroatoms. The van der Waals surface area contributed by atoms with E-state index in [1.165, 1.54) is 0 Å². The van der Waals surface area contributed by atoms with Crippen molar-refractivity contribution in [1.29, 1.82) is 0 Å². The first-order valence-corrected chi connectivity index (χ1v) is 6.05. The van der Waals surface area contributed by atoms with E-state index in [-0.39, 0.29) is 5.91 Å². The van der Waals surface area contributed by atoms with Gasteiger partial charge in [0.15, 0.2) is 0 Å². The fourth-order valence-corrected chi connectivity index (χ4v) is 1.88. The van der Waals surface area contributed by atoms with E-state index in [1.807, 2.05) is 6.07 Å². The van der Waals surface area contributed by atoms with Gasteiger partial charge in [-0.25, -0.2) is 0 Å². The molecule has 0 atom stereocenters. The minimum Gasteiger partial charge on any atom is -0.472 e. The molecule has 0 saturated carbocycles. The van der Waals surface area contributed by atoms with Gasteiger partial charge in [-0.05, 0) is 24.3 Å². The van der Waals surface area contributed by atoms with E-state index in [0.717, 1.165) is 5.56 Å². The zero-order valence-electron chi connectivity index (χ0n) is 9.69. The van der Waals surface area contributed by atoms with Crippen LogP contribution in [0.2, 0.25) is 10.0 Å². The normalized spacial score (nSPS) is 10.4. The summed E-state index contributed by atoms with van der Waals surface area (Å²) in [6.07, 6.45) is 3.19. The Morgan fingerprint density at radius 3 is 2.67 bits per heavy atom. The molecule has 2 aromatic rings. The van der Waals surface area contributed by atoms with E-state index in [2.05, 4.69) is 0 Å².